The van der Waals surface area contributed by atoms with Crippen molar-refractivity contribution in [2.24, 2.45) is 0 Å². The minimum absolute atomic E-state index is 0.0418. The molecule has 6 nitrogen and oxygen atoms in total. The molecular weight excluding hydrogens is 1060 g/mol. The van der Waals surface area contributed by atoms with Gasteiger partial charge >= 0.3 is 24.7 Å². The minimum Gasteiger partial charge on any atom is -0.307 e. The van der Waals surface area contributed by atoms with E-state index in [-0.39, 0.29) is 51.9 Å². The van der Waals surface area contributed by atoms with E-state index in [0.29, 0.717) is 78.2 Å². The van der Waals surface area contributed by atoms with Crippen molar-refractivity contribution < 1.29 is 52.7 Å². The smallest absolute Gasteiger partial charge is 0.307 e. The van der Waals surface area contributed by atoms with E-state index in [2.05, 4.69) is 6.07 Å². The minimum atomic E-state index is -5.19. The molecule has 0 aliphatic heterocycles. The summed E-state index contributed by atoms with van der Waals surface area (Å²) in [6, 6.07) is 49.0. The molecule has 9 aromatic carbocycles. The van der Waals surface area contributed by atoms with Gasteiger partial charge in [-0.2, -0.15) is 57.9 Å². The SMILES string of the molecule is N#Cc1cc(-n2c3ccccc3c3cc(-c4ccc(C(F)(F)F)cc4C(F)(F)F)ccc32)c(-n2c3ccccc3c3cc(-c4ccc(C(F)(F)F)cc4C(F)(F)F)ccc32)cc1-c1nc(-c2ccccc2)nc(-c2ccccc2)n1. The molecule has 18 heteroatoms. The lowest BCUT2D eigenvalue weighted by atomic mass is 9.95. The first-order chi connectivity index (χ1) is 38.2. The van der Waals surface area contributed by atoms with Gasteiger partial charge in [0.1, 0.15) is 0 Å². The zero-order valence-electron chi connectivity index (χ0n) is 40.7. The molecule has 0 unspecified atom stereocenters. The zero-order chi connectivity index (χ0) is 56.0. The molecule has 0 saturated carbocycles. The van der Waals surface area contributed by atoms with Crippen LogP contribution in [0.25, 0.3) is 111 Å². The molecule has 0 spiro atoms. The molecule has 0 saturated heterocycles. The molecule has 12 rings (SSSR count). The second kappa shape index (κ2) is 18.7. The molecule has 394 valence electrons. The van der Waals surface area contributed by atoms with Gasteiger partial charge in [-0.1, -0.05) is 121 Å². The van der Waals surface area contributed by atoms with Gasteiger partial charge in [-0.15, -0.1) is 0 Å². The Hall–Kier alpha value is -9.76. The number of rotatable bonds is 7. The van der Waals surface area contributed by atoms with Crippen LogP contribution >= 0.6 is 0 Å². The number of halogens is 12. The lowest BCUT2D eigenvalue weighted by Gasteiger charge is -2.20. The maximum atomic E-state index is 14.7. The Balaban J connectivity index is 1.16. The Morgan fingerprint density at radius 3 is 1.12 bits per heavy atom. The molecule has 0 aliphatic rings. The van der Waals surface area contributed by atoms with Crippen LogP contribution in [0.15, 0.2) is 194 Å². The molecule has 0 atom stereocenters. The predicted molar refractivity (Wildman–Crippen MR) is 280 cm³/mol. The molecule has 3 aromatic heterocycles. The first-order valence-corrected chi connectivity index (χ1v) is 24.3. The van der Waals surface area contributed by atoms with Crippen LogP contribution in [0.2, 0.25) is 0 Å². The fraction of sp³-hybridized carbons (Fsp3) is 0.0645. The highest BCUT2D eigenvalue weighted by molar-refractivity contribution is 6.13. The van der Waals surface area contributed by atoms with E-state index in [1.807, 2.05) is 12.1 Å². The van der Waals surface area contributed by atoms with E-state index in [1.54, 1.807) is 118 Å². The van der Waals surface area contributed by atoms with E-state index >= 15 is 0 Å². The number of alkyl halides is 12. The van der Waals surface area contributed by atoms with Crippen LogP contribution in [0.5, 0.6) is 0 Å². The van der Waals surface area contributed by atoms with Gasteiger partial charge in [-0.05, 0) is 95.1 Å². The standard InChI is InChI=1S/C62H32F12N6/c63-59(64,65)39-21-23-41(48(30-39)61(69,70)71)36-19-25-52-46(27-36)43-15-7-9-17-50(43)79(52)54-29-38(33-75)45(58-77-56(34-11-3-1-4-12-34)76-57(78-58)35-13-5-2-6-14-35)32-55(54)80-51-18-10-8-16-44(51)47-28-37(20-26-53(47)80)42-24-22-40(60(66,67)68)31-49(42)62(72,73)74/h1-32H. The summed E-state index contributed by atoms with van der Waals surface area (Å²) in [5.74, 6) is 0.584. The first-order valence-electron chi connectivity index (χ1n) is 24.3. The van der Waals surface area contributed by atoms with Crippen molar-refractivity contribution in [2.45, 2.75) is 24.7 Å². The Morgan fingerprint density at radius 1 is 0.325 bits per heavy atom. The van der Waals surface area contributed by atoms with Gasteiger partial charge in [0.2, 0.25) is 0 Å². The molecule has 12 aromatic rings. The van der Waals surface area contributed by atoms with Gasteiger partial charge in [0.15, 0.2) is 17.5 Å². The molecule has 0 bridgehead atoms. The summed E-state index contributed by atoms with van der Waals surface area (Å²) >= 11 is 0. The highest BCUT2D eigenvalue weighted by Gasteiger charge is 2.40. The monoisotopic (exact) mass is 1090 g/mol. The van der Waals surface area contributed by atoms with Crippen molar-refractivity contribution in [3.63, 3.8) is 0 Å². The average molecular weight is 1090 g/mol. The Kier molecular flexibility index (Phi) is 11.9. The molecule has 80 heavy (non-hydrogen) atoms. The molecule has 0 aliphatic carbocycles. The van der Waals surface area contributed by atoms with Crippen molar-refractivity contribution in [1.82, 2.24) is 24.1 Å². The predicted octanol–water partition coefficient (Wildman–Crippen LogP) is 18.3. The number of hydrogen-bond donors (Lipinski definition) is 0. The number of para-hydroxylation sites is 2. The number of aromatic nitrogens is 5. The van der Waals surface area contributed by atoms with Crippen molar-refractivity contribution in [3.8, 4) is 73.9 Å². The molecule has 0 fully saturated rings. The number of nitrogens with zero attached hydrogens (tertiary/aromatic N) is 6. The van der Waals surface area contributed by atoms with E-state index in [1.165, 1.54) is 36.4 Å². The molecule has 0 amide bonds. The third-order valence-corrected chi connectivity index (χ3v) is 13.9. The maximum Gasteiger partial charge on any atom is 0.417 e. The topological polar surface area (TPSA) is 72.3 Å². The summed E-state index contributed by atoms with van der Waals surface area (Å²) in [6.45, 7) is 0. The van der Waals surface area contributed by atoms with Gasteiger partial charge in [0.05, 0.1) is 67.3 Å². The Morgan fingerprint density at radius 2 is 0.713 bits per heavy atom. The molecule has 0 radical (unpaired) electrons. The maximum absolute atomic E-state index is 14.7. The van der Waals surface area contributed by atoms with E-state index < -0.39 is 58.1 Å². The van der Waals surface area contributed by atoms with Gasteiger partial charge in [-0.25, -0.2) is 15.0 Å². The largest absolute Gasteiger partial charge is 0.417 e. The zero-order valence-corrected chi connectivity index (χ0v) is 40.7. The fourth-order valence-electron chi connectivity index (χ4n) is 10.4. The highest BCUT2D eigenvalue weighted by Crippen LogP contribution is 2.47. The normalized spacial score (nSPS) is 12.5. The van der Waals surface area contributed by atoms with E-state index in [0.717, 1.165) is 12.1 Å². The highest BCUT2D eigenvalue weighted by atomic mass is 19.4. The van der Waals surface area contributed by atoms with Gasteiger partial charge in [0.25, 0.3) is 0 Å². The third-order valence-electron chi connectivity index (χ3n) is 13.9. The Bertz CT molecular complexity index is 4430. The summed E-state index contributed by atoms with van der Waals surface area (Å²) in [4.78, 5) is 14.7. The summed E-state index contributed by atoms with van der Waals surface area (Å²) in [6.07, 6.45) is -20.5. The molecule has 3 heterocycles. The van der Waals surface area contributed by atoms with Crippen LogP contribution in [-0.2, 0) is 24.7 Å². The van der Waals surface area contributed by atoms with Crippen LogP contribution < -0.4 is 0 Å². The second-order valence-electron chi connectivity index (χ2n) is 18.7. The van der Waals surface area contributed by atoms with E-state index in [9.17, 15) is 57.9 Å². The van der Waals surface area contributed by atoms with E-state index in [4.69, 9.17) is 15.0 Å². The van der Waals surface area contributed by atoms with Crippen molar-refractivity contribution >= 4 is 43.6 Å². The van der Waals surface area contributed by atoms with Gasteiger partial charge < -0.3 is 9.13 Å². The summed E-state index contributed by atoms with van der Waals surface area (Å²) in [7, 11) is 0. The van der Waals surface area contributed by atoms with Gasteiger partial charge in [-0.3, -0.25) is 0 Å². The van der Waals surface area contributed by atoms with Crippen LogP contribution in [0.1, 0.15) is 27.8 Å². The van der Waals surface area contributed by atoms with Crippen molar-refractivity contribution in [1.29, 1.82) is 5.26 Å². The molecular formula is C62H32F12N6. The number of hydrogen-bond acceptors (Lipinski definition) is 4. The van der Waals surface area contributed by atoms with Crippen LogP contribution in [0, 0.1) is 11.3 Å². The number of nitriles is 1. The summed E-state index contributed by atoms with van der Waals surface area (Å²) in [5, 5.41) is 13.0. The van der Waals surface area contributed by atoms with Gasteiger partial charge in [0, 0.05) is 38.2 Å². The lowest BCUT2D eigenvalue weighted by molar-refractivity contribution is -0.144. The van der Waals surface area contributed by atoms with Crippen LogP contribution in [0.4, 0.5) is 52.7 Å². The average Bonchev–Trinajstić information content (AvgIpc) is 3.41. The summed E-state index contributed by atoms with van der Waals surface area (Å²) < 4.78 is 175. The van der Waals surface area contributed by atoms with Crippen molar-refractivity contribution in [2.75, 3.05) is 0 Å². The lowest BCUT2D eigenvalue weighted by Crippen LogP contribution is -2.12. The fourth-order valence-corrected chi connectivity index (χ4v) is 10.4. The van der Waals surface area contributed by atoms with Crippen LogP contribution in [-0.4, -0.2) is 24.1 Å². The van der Waals surface area contributed by atoms with Crippen molar-refractivity contribution in [3.05, 3.63) is 222 Å². The summed E-state index contributed by atoms with van der Waals surface area (Å²) in [5.41, 5.74) is -3.24. The number of benzene rings is 9. The number of fused-ring (bicyclic) bond motifs is 6. The Labute approximate surface area is 444 Å². The quantitative estimate of drug-likeness (QED) is 0.149. The second-order valence-corrected chi connectivity index (χ2v) is 18.7. The third kappa shape index (κ3) is 8.90. The first kappa shape index (κ1) is 51.0. The molecule has 0 N–H and O–H groups in total. The van der Waals surface area contributed by atoms with Crippen LogP contribution in [0.3, 0.4) is 0 Å².